The predicted molar refractivity (Wildman–Crippen MR) is 110 cm³/mol. The van der Waals surface area contributed by atoms with Gasteiger partial charge in [-0.1, -0.05) is 37.0 Å². The van der Waals surface area contributed by atoms with Gasteiger partial charge in [0.25, 0.3) is 5.91 Å². The topological polar surface area (TPSA) is 58.6 Å². The summed E-state index contributed by atoms with van der Waals surface area (Å²) in [6.07, 6.45) is 1.22. The molecule has 1 atom stereocenters. The summed E-state index contributed by atoms with van der Waals surface area (Å²) >= 11 is 6.63. The van der Waals surface area contributed by atoms with Gasteiger partial charge in [0.2, 0.25) is 0 Å². The number of halogens is 1. The number of likely N-dealkylation sites (tertiary alicyclic amines) is 1. The molecule has 1 heterocycles. The molecule has 1 aliphatic rings. The minimum atomic E-state index is -0.980. The van der Waals surface area contributed by atoms with Crippen LogP contribution in [0.1, 0.15) is 32.3 Å². The summed E-state index contributed by atoms with van der Waals surface area (Å²) in [7, 11) is 0. The summed E-state index contributed by atoms with van der Waals surface area (Å²) in [4.78, 5) is 26.2. The van der Waals surface area contributed by atoms with Crippen molar-refractivity contribution in [2.24, 2.45) is 5.92 Å². The summed E-state index contributed by atoms with van der Waals surface area (Å²) in [6, 6.07) is 4.40. The van der Waals surface area contributed by atoms with Crippen LogP contribution in [0.2, 0.25) is 0 Å². The number of anilines is 1. The lowest BCUT2D eigenvalue weighted by atomic mass is 10.00. The molecular weight excluding hydrogens is 387 g/mol. The first-order chi connectivity index (χ1) is 12.8. The normalized spacial score (nSPS) is 15.9. The number of amides is 1. The summed E-state index contributed by atoms with van der Waals surface area (Å²) in [5.41, 5.74) is 0.810. The molecule has 1 aromatic carbocycles. The lowest BCUT2D eigenvalue weighted by molar-refractivity contribution is -0.150. The first kappa shape index (κ1) is 21.6. The van der Waals surface area contributed by atoms with Crippen LogP contribution >= 0.6 is 24.0 Å². The third-order valence-corrected chi connectivity index (χ3v) is 5.97. The van der Waals surface area contributed by atoms with Crippen LogP contribution in [0.4, 0.5) is 10.1 Å². The zero-order chi connectivity index (χ0) is 20.0. The molecule has 0 bridgehead atoms. The highest BCUT2D eigenvalue weighted by Crippen LogP contribution is 2.20. The number of ether oxygens (including phenoxy) is 1. The number of piperidine rings is 1. The van der Waals surface area contributed by atoms with Crippen LogP contribution in [-0.2, 0) is 14.3 Å². The van der Waals surface area contributed by atoms with Gasteiger partial charge in [0.15, 0.2) is 6.10 Å². The molecule has 27 heavy (non-hydrogen) atoms. The number of benzene rings is 1. The van der Waals surface area contributed by atoms with Crippen LogP contribution in [0.3, 0.4) is 0 Å². The number of nitrogens with one attached hydrogen (secondary N) is 1. The van der Waals surface area contributed by atoms with Gasteiger partial charge >= 0.3 is 5.97 Å². The van der Waals surface area contributed by atoms with E-state index in [1.54, 1.807) is 19.1 Å². The maximum atomic E-state index is 13.5. The van der Waals surface area contributed by atoms with Gasteiger partial charge in [0.1, 0.15) is 10.1 Å². The van der Waals surface area contributed by atoms with E-state index < -0.39 is 23.8 Å². The Hall–Kier alpha value is -1.67. The number of thioether (sulfide) groups is 1. The molecule has 0 saturated carbocycles. The van der Waals surface area contributed by atoms with E-state index in [1.165, 1.54) is 24.8 Å². The number of hydrogen-bond acceptors (Lipinski definition) is 5. The van der Waals surface area contributed by atoms with Crippen LogP contribution < -0.4 is 5.32 Å². The zero-order valence-corrected chi connectivity index (χ0v) is 17.4. The van der Waals surface area contributed by atoms with Crippen molar-refractivity contribution in [2.75, 3.05) is 24.2 Å². The quantitative estimate of drug-likeness (QED) is 0.587. The lowest BCUT2D eigenvalue weighted by Crippen LogP contribution is -2.36. The molecule has 2 rings (SSSR count). The molecular formula is C19H25FN2O3S2. The molecule has 1 aromatic rings. The third kappa shape index (κ3) is 6.77. The fourth-order valence-electron chi connectivity index (χ4n) is 2.60. The van der Waals surface area contributed by atoms with Crippen LogP contribution in [-0.4, -0.2) is 46.0 Å². The highest BCUT2D eigenvalue weighted by atomic mass is 32.2. The van der Waals surface area contributed by atoms with E-state index in [-0.39, 0.29) is 5.75 Å². The highest BCUT2D eigenvalue weighted by Gasteiger charge is 2.21. The van der Waals surface area contributed by atoms with Crippen molar-refractivity contribution >= 4 is 45.9 Å². The Morgan fingerprint density at radius 2 is 2.07 bits per heavy atom. The number of esters is 1. The number of carbonyl (C=O) groups excluding carboxylic acids is 2. The molecule has 1 N–H and O–H groups in total. The Kier molecular flexibility index (Phi) is 8.04. The summed E-state index contributed by atoms with van der Waals surface area (Å²) in [5.74, 6) is -0.661. The Labute approximate surface area is 169 Å². The average molecular weight is 413 g/mol. The molecule has 1 fully saturated rings. The second kappa shape index (κ2) is 10.0. The largest absolute Gasteiger partial charge is 0.452 e. The van der Waals surface area contributed by atoms with E-state index in [0.717, 1.165) is 25.9 Å². The van der Waals surface area contributed by atoms with E-state index in [1.807, 2.05) is 0 Å². The number of carbonyl (C=O) groups is 2. The van der Waals surface area contributed by atoms with Gasteiger partial charge in [-0.05, 0) is 50.3 Å². The minimum absolute atomic E-state index is 0.0572. The van der Waals surface area contributed by atoms with Crippen LogP contribution in [0.15, 0.2) is 18.2 Å². The van der Waals surface area contributed by atoms with Crippen molar-refractivity contribution in [3.05, 3.63) is 29.6 Å². The SMILES string of the molecule is Cc1ccc(NC(=O)[C@@H](C)OC(=O)CSC(=S)N2CCC(C)CC2)cc1F. The number of aryl methyl sites for hydroxylation is 1. The molecule has 0 aliphatic carbocycles. The molecule has 5 nitrogen and oxygen atoms in total. The highest BCUT2D eigenvalue weighted by molar-refractivity contribution is 8.23. The molecule has 148 valence electrons. The molecule has 0 unspecified atom stereocenters. The van der Waals surface area contributed by atoms with Gasteiger partial charge in [0.05, 0.1) is 5.75 Å². The molecule has 1 saturated heterocycles. The predicted octanol–water partition coefficient (Wildman–Crippen LogP) is 3.75. The Balaban J connectivity index is 1.74. The van der Waals surface area contributed by atoms with Crippen molar-refractivity contribution in [1.29, 1.82) is 0 Å². The first-order valence-corrected chi connectivity index (χ1v) is 10.3. The van der Waals surface area contributed by atoms with Gasteiger partial charge < -0.3 is 15.0 Å². The van der Waals surface area contributed by atoms with E-state index >= 15 is 0 Å². The van der Waals surface area contributed by atoms with Crippen molar-refractivity contribution < 1.29 is 18.7 Å². The van der Waals surface area contributed by atoms with Gasteiger partial charge in [-0.15, -0.1) is 0 Å². The van der Waals surface area contributed by atoms with E-state index in [2.05, 4.69) is 17.1 Å². The molecule has 8 heteroatoms. The average Bonchev–Trinajstić information content (AvgIpc) is 2.63. The van der Waals surface area contributed by atoms with Crippen LogP contribution in [0, 0.1) is 18.7 Å². The fraction of sp³-hybridized carbons (Fsp3) is 0.526. The standard InChI is InChI=1S/C19H25FN2O3S2/c1-12-6-8-22(9-7-12)19(26)27-11-17(23)25-14(3)18(24)21-15-5-4-13(2)16(20)10-15/h4-5,10,12,14H,6-9,11H2,1-3H3,(H,21,24)/t14-/m1/s1. The molecule has 0 radical (unpaired) electrons. The lowest BCUT2D eigenvalue weighted by Gasteiger charge is -2.31. The summed E-state index contributed by atoms with van der Waals surface area (Å²) in [5, 5.41) is 2.54. The van der Waals surface area contributed by atoms with Gasteiger partial charge in [-0.3, -0.25) is 9.59 Å². The maximum Gasteiger partial charge on any atom is 0.317 e. The number of rotatable bonds is 5. The van der Waals surface area contributed by atoms with Crippen LogP contribution in [0.25, 0.3) is 0 Å². The molecule has 1 amide bonds. The summed E-state index contributed by atoms with van der Waals surface area (Å²) < 4.78 is 19.4. The Morgan fingerprint density at radius 3 is 2.70 bits per heavy atom. The molecule has 0 spiro atoms. The van der Waals surface area contributed by atoms with E-state index in [0.29, 0.717) is 21.5 Å². The summed E-state index contributed by atoms with van der Waals surface area (Å²) in [6.45, 7) is 7.16. The molecule has 1 aliphatic heterocycles. The van der Waals surface area contributed by atoms with Gasteiger partial charge in [0, 0.05) is 18.8 Å². The van der Waals surface area contributed by atoms with Gasteiger partial charge in [-0.25, -0.2) is 4.39 Å². The van der Waals surface area contributed by atoms with Crippen molar-refractivity contribution in [2.45, 2.75) is 39.7 Å². The smallest absolute Gasteiger partial charge is 0.317 e. The Morgan fingerprint density at radius 1 is 1.41 bits per heavy atom. The third-order valence-electron chi connectivity index (χ3n) is 4.47. The monoisotopic (exact) mass is 412 g/mol. The first-order valence-electron chi connectivity index (χ1n) is 8.94. The van der Waals surface area contributed by atoms with Crippen molar-refractivity contribution in [3.8, 4) is 0 Å². The number of hydrogen-bond donors (Lipinski definition) is 1. The van der Waals surface area contributed by atoms with Crippen molar-refractivity contribution in [3.63, 3.8) is 0 Å². The zero-order valence-electron chi connectivity index (χ0n) is 15.8. The maximum absolute atomic E-state index is 13.5. The second-order valence-corrected chi connectivity index (χ2v) is 8.42. The fourth-order valence-corrected chi connectivity index (χ4v) is 3.64. The van der Waals surface area contributed by atoms with E-state index in [9.17, 15) is 14.0 Å². The number of thiocarbonyl (C=S) groups is 1. The molecule has 0 aromatic heterocycles. The van der Waals surface area contributed by atoms with E-state index in [4.69, 9.17) is 17.0 Å². The second-order valence-electron chi connectivity index (χ2n) is 6.81. The van der Waals surface area contributed by atoms with Gasteiger partial charge in [-0.2, -0.15) is 0 Å². The van der Waals surface area contributed by atoms with Crippen molar-refractivity contribution in [1.82, 2.24) is 4.90 Å². The van der Waals surface area contributed by atoms with Crippen LogP contribution in [0.5, 0.6) is 0 Å². The number of nitrogens with zero attached hydrogens (tertiary/aromatic N) is 1. The Bertz CT molecular complexity index is 706. The minimum Gasteiger partial charge on any atom is -0.452 e.